The second-order valence-corrected chi connectivity index (χ2v) is 6.87. The minimum Gasteiger partial charge on any atom is -0.154 e. The Bertz CT molecular complexity index is 117. The number of alkyl halides is 1. The highest BCUT2D eigenvalue weighted by Gasteiger charge is 2.37. The van der Waals surface area contributed by atoms with E-state index in [2.05, 4.69) is 48.2 Å². The molecule has 1 aliphatic carbocycles. The van der Waals surface area contributed by atoms with Crippen LogP contribution in [0.15, 0.2) is 0 Å². The Labute approximate surface area is 88.0 Å². The summed E-state index contributed by atoms with van der Waals surface area (Å²) in [5.41, 5.74) is 0. The van der Waals surface area contributed by atoms with Gasteiger partial charge in [0, 0.05) is 8.67 Å². The molecule has 66 valence electrons. The molecule has 1 rings (SSSR count). The Morgan fingerprint density at radius 3 is 2.36 bits per heavy atom. The molecule has 1 fully saturated rings. The van der Waals surface area contributed by atoms with Crippen molar-refractivity contribution in [1.82, 2.24) is 0 Å². The molecule has 1 aliphatic rings. The number of rotatable bonds is 3. The van der Waals surface area contributed by atoms with Crippen molar-refractivity contribution in [2.24, 2.45) is 0 Å². The predicted octanol–water partition coefficient (Wildman–Crippen LogP) is 3.88. The first-order valence-corrected chi connectivity index (χ1v) is 6.72. The van der Waals surface area contributed by atoms with Gasteiger partial charge in [0.2, 0.25) is 0 Å². The van der Waals surface area contributed by atoms with Gasteiger partial charge in [0.15, 0.2) is 0 Å². The van der Waals surface area contributed by atoms with Crippen LogP contribution in [0.1, 0.15) is 39.5 Å². The summed E-state index contributed by atoms with van der Waals surface area (Å²) in [4.78, 5) is 0. The maximum atomic E-state index is 2.60. The lowest BCUT2D eigenvalue weighted by atomic mass is 10.0. The van der Waals surface area contributed by atoms with Crippen LogP contribution < -0.4 is 0 Å². The molecule has 0 amide bonds. The van der Waals surface area contributed by atoms with E-state index in [0.29, 0.717) is 4.75 Å². The largest absolute Gasteiger partial charge is 0.154 e. The van der Waals surface area contributed by atoms with Gasteiger partial charge in [-0.1, -0.05) is 49.3 Å². The number of thioether (sulfide) groups is 1. The van der Waals surface area contributed by atoms with Crippen LogP contribution in [0.5, 0.6) is 0 Å². The van der Waals surface area contributed by atoms with Gasteiger partial charge in [-0.05, 0) is 18.6 Å². The fourth-order valence-corrected chi connectivity index (χ4v) is 4.46. The molecule has 0 aromatic rings. The monoisotopic (exact) mass is 284 g/mol. The summed E-state index contributed by atoms with van der Waals surface area (Å²) in [6, 6.07) is 0. The average molecular weight is 284 g/mol. The lowest BCUT2D eigenvalue weighted by Crippen LogP contribution is -2.29. The zero-order valence-electron chi connectivity index (χ0n) is 7.40. The van der Waals surface area contributed by atoms with E-state index in [1.807, 2.05) is 0 Å². The van der Waals surface area contributed by atoms with Crippen molar-refractivity contribution in [3.63, 3.8) is 0 Å². The van der Waals surface area contributed by atoms with Gasteiger partial charge in [-0.15, -0.1) is 0 Å². The van der Waals surface area contributed by atoms with Crippen molar-refractivity contribution in [2.75, 3.05) is 5.75 Å². The van der Waals surface area contributed by atoms with Crippen LogP contribution in [-0.4, -0.2) is 14.4 Å². The molecule has 2 heteroatoms. The van der Waals surface area contributed by atoms with Gasteiger partial charge in [-0.2, -0.15) is 11.8 Å². The minimum atomic E-state index is 0.648. The standard InChI is InChI=1S/C9H17IS/c1-3-11-9(8(2)10)6-4-5-7-9/h8H,3-7H2,1-2H3. The highest BCUT2D eigenvalue weighted by atomic mass is 127. The molecule has 0 bridgehead atoms. The molecule has 0 aromatic carbocycles. The van der Waals surface area contributed by atoms with E-state index in [1.165, 1.54) is 31.4 Å². The third kappa shape index (κ3) is 2.27. The molecule has 0 N–H and O–H groups in total. The van der Waals surface area contributed by atoms with E-state index in [4.69, 9.17) is 0 Å². The van der Waals surface area contributed by atoms with Crippen LogP contribution in [0.2, 0.25) is 0 Å². The average Bonchev–Trinajstić information content (AvgIpc) is 2.38. The van der Waals surface area contributed by atoms with Crippen molar-refractivity contribution in [3.05, 3.63) is 0 Å². The SMILES string of the molecule is CCSC1(C(C)I)CCCC1. The topological polar surface area (TPSA) is 0 Å². The van der Waals surface area contributed by atoms with Crippen molar-refractivity contribution in [1.29, 1.82) is 0 Å². The molecule has 0 spiro atoms. The lowest BCUT2D eigenvalue weighted by Gasteiger charge is -2.31. The Morgan fingerprint density at radius 1 is 1.45 bits per heavy atom. The third-order valence-electron chi connectivity index (χ3n) is 2.61. The molecule has 1 saturated carbocycles. The molecule has 0 aromatic heterocycles. The summed E-state index contributed by atoms with van der Waals surface area (Å²) in [6.45, 7) is 4.65. The van der Waals surface area contributed by atoms with Gasteiger partial charge in [-0.25, -0.2) is 0 Å². The second-order valence-electron chi connectivity index (χ2n) is 3.32. The van der Waals surface area contributed by atoms with Crippen molar-refractivity contribution in [3.8, 4) is 0 Å². The lowest BCUT2D eigenvalue weighted by molar-refractivity contribution is 0.616. The molecule has 0 saturated heterocycles. The summed E-state index contributed by atoms with van der Waals surface area (Å²) in [5, 5.41) is 0. The molecule has 1 unspecified atom stereocenters. The zero-order valence-corrected chi connectivity index (χ0v) is 10.4. The van der Waals surface area contributed by atoms with E-state index < -0.39 is 0 Å². The van der Waals surface area contributed by atoms with Crippen LogP contribution in [0.4, 0.5) is 0 Å². The Balaban J connectivity index is 2.55. The molecule has 0 aliphatic heterocycles. The van der Waals surface area contributed by atoms with E-state index in [0.717, 1.165) is 3.92 Å². The van der Waals surface area contributed by atoms with Gasteiger partial charge in [0.05, 0.1) is 0 Å². The normalized spacial score (nSPS) is 25.4. The summed E-state index contributed by atoms with van der Waals surface area (Å²) in [5.74, 6) is 1.29. The highest BCUT2D eigenvalue weighted by molar-refractivity contribution is 14.1. The first-order valence-electron chi connectivity index (χ1n) is 4.49. The highest BCUT2D eigenvalue weighted by Crippen LogP contribution is 2.46. The molecule has 11 heavy (non-hydrogen) atoms. The van der Waals surface area contributed by atoms with Gasteiger partial charge < -0.3 is 0 Å². The van der Waals surface area contributed by atoms with Gasteiger partial charge in [0.1, 0.15) is 0 Å². The van der Waals surface area contributed by atoms with Crippen molar-refractivity contribution in [2.45, 2.75) is 48.2 Å². The maximum absolute atomic E-state index is 2.60. The van der Waals surface area contributed by atoms with E-state index in [9.17, 15) is 0 Å². The molecular weight excluding hydrogens is 267 g/mol. The van der Waals surface area contributed by atoms with E-state index >= 15 is 0 Å². The van der Waals surface area contributed by atoms with Crippen LogP contribution in [0.3, 0.4) is 0 Å². The van der Waals surface area contributed by atoms with Crippen LogP contribution in [-0.2, 0) is 0 Å². The van der Waals surface area contributed by atoms with Crippen LogP contribution in [0.25, 0.3) is 0 Å². The van der Waals surface area contributed by atoms with Crippen molar-refractivity contribution < 1.29 is 0 Å². The molecule has 0 heterocycles. The summed E-state index contributed by atoms with van der Waals surface area (Å²) >= 11 is 4.79. The molecular formula is C9H17IS. The smallest absolute Gasteiger partial charge is 0.0274 e. The Morgan fingerprint density at radius 2 is 2.00 bits per heavy atom. The van der Waals surface area contributed by atoms with Gasteiger partial charge >= 0.3 is 0 Å². The third-order valence-corrected chi connectivity index (χ3v) is 5.85. The first kappa shape index (κ1) is 10.2. The summed E-state index contributed by atoms with van der Waals surface area (Å²) in [6.07, 6.45) is 5.83. The molecule has 0 radical (unpaired) electrons. The summed E-state index contributed by atoms with van der Waals surface area (Å²) in [7, 11) is 0. The van der Waals surface area contributed by atoms with E-state index in [-0.39, 0.29) is 0 Å². The maximum Gasteiger partial charge on any atom is 0.0274 e. The van der Waals surface area contributed by atoms with Gasteiger partial charge in [0.25, 0.3) is 0 Å². The minimum absolute atomic E-state index is 0.648. The van der Waals surface area contributed by atoms with Crippen LogP contribution >= 0.6 is 34.4 Å². The first-order chi connectivity index (χ1) is 5.21. The Hall–Kier alpha value is 1.08. The number of halogens is 1. The van der Waals surface area contributed by atoms with E-state index in [1.54, 1.807) is 0 Å². The predicted molar refractivity (Wildman–Crippen MR) is 62.8 cm³/mol. The van der Waals surface area contributed by atoms with Crippen LogP contribution in [0, 0.1) is 0 Å². The number of hydrogen-bond donors (Lipinski definition) is 0. The quantitative estimate of drug-likeness (QED) is 0.560. The fraction of sp³-hybridized carbons (Fsp3) is 1.00. The van der Waals surface area contributed by atoms with Crippen molar-refractivity contribution >= 4 is 34.4 Å². The summed E-state index contributed by atoms with van der Waals surface area (Å²) < 4.78 is 1.49. The zero-order chi connectivity index (χ0) is 8.32. The van der Waals surface area contributed by atoms with Gasteiger partial charge in [-0.3, -0.25) is 0 Å². The Kier molecular flexibility index (Phi) is 4.02. The fourth-order valence-electron chi connectivity index (χ4n) is 1.92. The second kappa shape index (κ2) is 4.35. The molecule has 1 atom stereocenters. The number of hydrogen-bond acceptors (Lipinski definition) is 1. The molecule has 0 nitrogen and oxygen atoms in total.